The fourth-order valence-corrected chi connectivity index (χ4v) is 3.55. The van der Waals surface area contributed by atoms with Crippen LogP contribution in [0.4, 0.5) is 5.13 Å². The molecule has 5 heteroatoms. The number of pyridine rings is 1. The smallest absolute Gasteiger partial charge is 0.186 e. The Morgan fingerprint density at radius 3 is 2.93 bits per heavy atom. The van der Waals surface area contributed by atoms with Crippen molar-refractivity contribution in [2.75, 3.05) is 29.5 Å². The lowest BCUT2D eigenvalue weighted by Gasteiger charge is -2.25. The van der Waals surface area contributed by atoms with E-state index in [2.05, 4.69) is 14.9 Å². The Labute approximate surface area is 96.5 Å². The van der Waals surface area contributed by atoms with E-state index in [-0.39, 0.29) is 0 Å². The van der Waals surface area contributed by atoms with Crippen LogP contribution in [-0.2, 0) is 0 Å². The summed E-state index contributed by atoms with van der Waals surface area (Å²) < 4.78 is 1.23. The number of hydrogen-bond donors (Lipinski definition) is 0. The molecule has 1 aliphatic heterocycles. The summed E-state index contributed by atoms with van der Waals surface area (Å²) in [7, 11) is 0. The molecule has 0 unspecified atom stereocenters. The molecule has 3 heterocycles. The molecule has 1 fully saturated rings. The van der Waals surface area contributed by atoms with Crippen LogP contribution in [0.2, 0.25) is 0 Å². The highest BCUT2D eigenvalue weighted by molar-refractivity contribution is 7.99. The third-order valence-corrected chi connectivity index (χ3v) is 4.50. The number of fused-ring (bicyclic) bond motifs is 1. The predicted molar refractivity (Wildman–Crippen MR) is 67.0 cm³/mol. The Morgan fingerprint density at radius 2 is 2.13 bits per heavy atom. The fraction of sp³-hybridized carbons (Fsp3) is 0.400. The highest BCUT2D eigenvalue weighted by atomic mass is 32.2. The van der Waals surface area contributed by atoms with Gasteiger partial charge < -0.3 is 4.90 Å². The van der Waals surface area contributed by atoms with Crippen molar-refractivity contribution < 1.29 is 0 Å². The minimum atomic E-state index is 1.02. The van der Waals surface area contributed by atoms with E-state index >= 15 is 0 Å². The zero-order valence-electron chi connectivity index (χ0n) is 8.22. The zero-order valence-corrected chi connectivity index (χ0v) is 9.85. The first kappa shape index (κ1) is 9.42. The average molecular weight is 237 g/mol. The standard InChI is InChI=1S/C10H11N3S2/c1-2-11-7-8-9(1)15-10(12-8)13-3-5-14-6-4-13/h1-2,7H,3-6H2. The molecule has 0 atom stereocenters. The lowest BCUT2D eigenvalue weighted by atomic mass is 10.5. The van der Waals surface area contributed by atoms with Crippen molar-refractivity contribution in [3.8, 4) is 0 Å². The molecule has 15 heavy (non-hydrogen) atoms. The van der Waals surface area contributed by atoms with E-state index in [1.54, 1.807) is 11.3 Å². The molecule has 2 aromatic rings. The normalized spacial score (nSPS) is 17.2. The summed E-state index contributed by atoms with van der Waals surface area (Å²) in [4.78, 5) is 11.1. The van der Waals surface area contributed by atoms with Gasteiger partial charge in [0.25, 0.3) is 0 Å². The van der Waals surface area contributed by atoms with Crippen LogP contribution in [0.1, 0.15) is 0 Å². The first-order chi connectivity index (χ1) is 7.43. The SMILES string of the molecule is c1cc2sc(N3CCSCC3)nc2cn1. The molecule has 0 N–H and O–H groups in total. The van der Waals surface area contributed by atoms with Gasteiger partial charge in [-0.2, -0.15) is 11.8 Å². The number of rotatable bonds is 1. The monoisotopic (exact) mass is 237 g/mol. The number of anilines is 1. The molecule has 0 spiro atoms. The van der Waals surface area contributed by atoms with E-state index in [4.69, 9.17) is 0 Å². The Bertz CT molecular complexity index is 429. The maximum atomic E-state index is 4.61. The second-order valence-corrected chi connectivity index (χ2v) is 5.67. The van der Waals surface area contributed by atoms with Crippen LogP contribution >= 0.6 is 23.1 Å². The van der Waals surface area contributed by atoms with Crippen LogP contribution in [-0.4, -0.2) is 34.6 Å². The highest BCUT2D eigenvalue weighted by Gasteiger charge is 2.14. The highest BCUT2D eigenvalue weighted by Crippen LogP contribution is 2.29. The van der Waals surface area contributed by atoms with Crippen LogP contribution in [0.3, 0.4) is 0 Å². The van der Waals surface area contributed by atoms with E-state index in [0.717, 1.165) is 23.7 Å². The Kier molecular flexibility index (Phi) is 2.50. The summed E-state index contributed by atoms with van der Waals surface area (Å²) in [5, 5.41) is 1.15. The summed E-state index contributed by atoms with van der Waals surface area (Å²) in [5.74, 6) is 2.43. The summed E-state index contributed by atoms with van der Waals surface area (Å²) in [6.07, 6.45) is 3.67. The minimum Gasteiger partial charge on any atom is -0.346 e. The van der Waals surface area contributed by atoms with E-state index < -0.39 is 0 Å². The number of nitrogens with zero attached hydrogens (tertiary/aromatic N) is 3. The van der Waals surface area contributed by atoms with Crippen LogP contribution in [0.15, 0.2) is 18.5 Å². The fourth-order valence-electron chi connectivity index (χ4n) is 1.66. The average Bonchev–Trinajstić information content (AvgIpc) is 2.74. The van der Waals surface area contributed by atoms with Crippen LogP contribution in [0.25, 0.3) is 10.2 Å². The van der Waals surface area contributed by atoms with Crippen molar-refractivity contribution in [3.63, 3.8) is 0 Å². The van der Waals surface area contributed by atoms with Crippen molar-refractivity contribution in [3.05, 3.63) is 18.5 Å². The lowest BCUT2D eigenvalue weighted by Crippen LogP contribution is -2.32. The predicted octanol–water partition coefficient (Wildman–Crippen LogP) is 2.24. The number of thiazole rings is 1. The van der Waals surface area contributed by atoms with Gasteiger partial charge in [-0.15, -0.1) is 0 Å². The van der Waals surface area contributed by atoms with Crippen molar-refractivity contribution in [2.24, 2.45) is 0 Å². The second-order valence-electron chi connectivity index (χ2n) is 3.44. The molecule has 3 nitrogen and oxygen atoms in total. The van der Waals surface area contributed by atoms with Gasteiger partial charge in [0.2, 0.25) is 0 Å². The minimum absolute atomic E-state index is 1.02. The number of hydrogen-bond acceptors (Lipinski definition) is 5. The third kappa shape index (κ3) is 1.81. The molecule has 0 aliphatic carbocycles. The number of thioether (sulfide) groups is 1. The summed E-state index contributed by atoms with van der Waals surface area (Å²) >= 11 is 3.79. The molecule has 0 aromatic carbocycles. The van der Waals surface area contributed by atoms with E-state index in [1.165, 1.54) is 16.2 Å². The maximum Gasteiger partial charge on any atom is 0.186 e. The van der Waals surface area contributed by atoms with Crippen LogP contribution in [0.5, 0.6) is 0 Å². The summed E-state index contributed by atoms with van der Waals surface area (Å²) in [5.41, 5.74) is 1.02. The molecule has 0 radical (unpaired) electrons. The van der Waals surface area contributed by atoms with Gasteiger partial charge in [-0.05, 0) is 6.07 Å². The Balaban J connectivity index is 1.96. The molecule has 0 amide bonds. The Morgan fingerprint density at radius 1 is 1.27 bits per heavy atom. The van der Waals surface area contributed by atoms with Gasteiger partial charge >= 0.3 is 0 Å². The summed E-state index contributed by atoms with van der Waals surface area (Å²) in [6, 6.07) is 2.04. The van der Waals surface area contributed by atoms with Gasteiger partial charge in [0.1, 0.15) is 5.52 Å². The van der Waals surface area contributed by atoms with Gasteiger partial charge in [-0.1, -0.05) is 11.3 Å². The molecule has 0 saturated carbocycles. The van der Waals surface area contributed by atoms with Crippen LogP contribution < -0.4 is 4.90 Å². The quantitative estimate of drug-likeness (QED) is 0.760. The molecular weight excluding hydrogens is 226 g/mol. The molecule has 2 aromatic heterocycles. The van der Waals surface area contributed by atoms with Crippen LogP contribution in [0, 0.1) is 0 Å². The molecule has 0 bridgehead atoms. The first-order valence-electron chi connectivity index (χ1n) is 4.97. The topological polar surface area (TPSA) is 29.0 Å². The van der Waals surface area contributed by atoms with E-state index in [1.807, 2.05) is 30.2 Å². The maximum absolute atomic E-state index is 4.61. The molecule has 3 rings (SSSR count). The Hall–Kier alpha value is -0.810. The molecular formula is C10H11N3S2. The van der Waals surface area contributed by atoms with E-state index in [9.17, 15) is 0 Å². The van der Waals surface area contributed by atoms with Gasteiger partial charge in [-0.3, -0.25) is 4.98 Å². The second kappa shape index (κ2) is 3.98. The van der Waals surface area contributed by atoms with Crippen molar-refractivity contribution >= 4 is 38.4 Å². The van der Waals surface area contributed by atoms with Gasteiger partial charge in [0.05, 0.1) is 10.9 Å². The molecule has 1 saturated heterocycles. The third-order valence-electron chi connectivity index (χ3n) is 2.46. The zero-order chi connectivity index (χ0) is 10.1. The molecule has 1 aliphatic rings. The van der Waals surface area contributed by atoms with Crippen molar-refractivity contribution in [1.82, 2.24) is 9.97 Å². The van der Waals surface area contributed by atoms with Crippen molar-refractivity contribution in [2.45, 2.75) is 0 Å². The first-order valence-corrected chi connectivity index (χ1v) is 6.94. The van der Waals surface area contributed by atoms with Gasteiger partial charge in [0.15, 0.2) is 5.13 Å². The van der Waals surface area contributed by atoms with E-state index in [0.29, 0.717) is 0 Å². The van der Waals surface area contributed by atoms with Crippen molar-refractivity contribution in [1.29, 1.82) is 0 Å². The molecule has 78 valence electrons. The largest absolute Gasteiger partial charge is 0.346 e. The van der Waals surface area contributed by atoms with Gasteiger partial charge in [-0.25, -0.2) is 4.98 Å². The lowest BCUT2D eigenvalue weighted by molar-refractivity contribution is 0.854. The number of aromatic nitrogens is 2. The summed E-state index contributed by atoms with van der Waals surface area (Å²) in [6.45, 7) is 2.25. The van der Waals surface area contributed by atoms with Gasteiger partial charge in [0, 0.05) is 30.8 Å².